The van der Waals surface area contributed by atoms with Gasteiger partial charge in [-0.15, -0.1) is 0 Å². The van der Waals surface area contributed by atoms with Gasteiger partial charge in [-0.2, -0.15) is 0 Å². The van der Waals surface area contributed by atoms with Gasteiger partial charge in [0, 0.05) is 49.9 Å². The Kier molecular flexibility index (Phi) is 4.29. The van der Waals surface area contributed by atoms with E-state index >= 15 is 0 Å². The maximum Gasteiger partial charge on any atom is 0.124 e. The lowest BCUT2D eigenvalue weighted by Crippen LogP contribution is -2.55. The van der Waals surface area contributed by atoms with Gasteiger partial charge in [-0.1, -0.05) is 6.07 Å². The van der Waals surface area contributed by atoms with Crippen LogP contribution in [0.25, 0.3) is 0 Å². The Morgan fingerprint density at radius 3 is 2.74 bits per heavy atom. The Morgan fingerprint density at radius 2 is 2.11 bits per heavy atom. The van der Waals surface area contributed by atoms with Crippen molar-refractivity contribution < 1.29 is 10.2 Å². The molecule has 1 aliphatic rings. The zero-order valence-corrected chi connectivity index (χ0v) is 11.6. The molecule has 2 atom stereocenters. The Labute approximate surface area is 114 Å². The van der Waals surface area contributed by atoms with Gasteiger partial charge in [-0.25, -0.2) is 0 Å². The predicted molar refractivity (Wildman–Crippen MR) is 75.2 cm³/mol. The first-order valence-electron chi connectivity index (χ1n) is 6.69. The van der Waals surface area contributed by atoms with Crippen molar-refractivity contribution in [2.75, 3.05) is 33.2 Å². The predicted octanol–water partition coefficient (Wildman–Crippen LogP) is 0.734. The molecule has 1 fully saturated rings. The lowest BCUT2D eigenvalue weighted by molar-refractivity contribution is 0.0612. The second kappa shape index (κ2) is 5.77. The number of nitrogens with two attached hydrogens (primary N) is 1. The molecule has 5 heteroatoms. The molecule has 2 rings (SSSR count). The summed E-state index contributed by atoms with van der Waals surface area (Å²) in [6, 6.07) is 5.16. The molecule has 1 saturated heterocycles. The van der Waals surface area contributed by atoms with Crippen LogP contribution in [0.15, 0.2) is 18.2 Å². The lowest BCUT2D eigenvalue weighted by Gasteiger charge is -2.43. The zero-order valence-electron chi connectivity index (χ0n) is 11.6. The molecule has 0 aromatic heterocycles. The van der Waals surface area contributed by atoms with E-state index in [-0.39, 0.29) is 17.5 Å². The second-order valence-electron chi connectivity index (χ2n) is 5.31. The summed E-state index contributed by atoms with van der Waals surface area (Å²) in [6.45, 7) is 5.55. The molecule has 0 amide bonds. The smallest absolute Gasteiger partial charge is 0.124 e. The fourth-order valence-corrected chi connectivity index (χ4v) is 2.81. The van der Waals surface area contributed by atoms with Crippen molar-refractivity contribution in [2.24, 2.45) is 5.73 Å². The van der Waals surface area contributed by atoms with Crippen LogP contribution in [-0.2, 0) is 0 Å². The number of nitrogens with zero attached hydrogens (tertiary/aromatic N) is 2. The Balaban J connectivity index is 2.20. The first-order valence-corrected chi connectivity index (χ1v) is 6.69. The molecule has 1 heterocycles. The van der Waals surface area contributed by atoms with Crippen molar-refractivity contribution in [3.63, 3.8) is 0 Å². The average Bonchev–Trinajstić information content (AvgIpc) is 2.37. The molecule has 19 heavy (non-hydrogen) atoms. The normalized spacial score (nSPS) is 23.4. The fourth-order valence-electron chi connectivity index (χ4n) is 2.81. The quantitative estimate of drug-likeness (QED) is 0.751. The van der Waals surface area contributed by atoms with E-state index in [9.17, 15) is 10.2 Å². The van der Waals surface area contributed by atoms with Gasteiger partial charge in [-0.05, 0) is 20.0 Å². The van der Waals surface area contributed by atoms with Crippen LogP contribution in [0.1, 0.15) is 18.5 Å². The molecule has 106 valence electrons. The van der Waals surface area contributed by atoms with E-state index in [1.54, 1.807) is 12.1 Å². The number of piperazine rings is 1. The zero-order chi connectivity index (χ0) is 14.0. The molecule has 2 unspecified atom stereocenters. The van der Waals surface area contributed by atoms with Gasteiger partial charge >= 0.3 is 0 Å². The van der Waals surface area contributed by atoms with E-state index in [1.165, 1.54) is 6.07 Å². The average molecular weight is 265 g/mol. The van der Waals surface area contributed by atoms with E-state index in [4.69, 9.17) is 5.73 Å². The first kappa shape index (κ1) is 14.1. The van der Waals surface area contributed by atoms with Gasteiger partial charge in [0.05, 0.1) is 0 Å². The standard InChI is InChI=1S/C14H23N3O2/c1-10(13-4-3-12(18)7-14(13)19)17-6-5-16(2)9-11(17)8-15/h3-4,7,10-11,18-19H,5-6,8-9,15H2,1-2H3. The van der Waals surface area contributed by atoms with Crippen molar-refractivity contribution in [2.45, 2.75) is 19.0 Å². The van der Waals surface area contributed by atoms with Crippen LogP contribution in [0, 0.1) is 0 Å². The molecule has 0 saturated carbocycles. The van der Waals surface area contributed by atoms with Gasteiger partial charge in [0.25, 0.3) is 0 Å². The molecular formula is C14H23N3O2. The summed E-state index contributed by atoms with van der Waals surface area (Å²) in [4.78, 5) is 4.60. The lowest BCUT2D eigenvalue weighted by atomic mass is 10.0. The Morgan fingerprint density at radius 1 is 1.37 bits per heavy atom. The molecule has 0 bridgehead atoms. The summed E-state index contributed by atoms with van der Waals surface area (Å²) in [5, 5.41) is 19.3. The molecule has 0 aliphatic carbocycles. The number of benzene rings is 1. The van der Waals surface area contributed by atoms with E-state index < -0.39 is 0 Å². The SMILES string of the molecule is CC(c1ccc(O)cc1O)N1CCN(C)CC1CN. The van der Waals surface area contributed by atoms with Crippen LogP contribution in [-0.4, -0.2) is 59.3 Å². The maximum atomic E-state index is 9.98. The van der Waals surface area contributed by atoms with Crippen LogP contribution >= 0.6 is 0 Å². The van der Waals surface area contributed by atoms with Crippen LogP contribution in [0.3, 0.4) is 0 Å². The Bertz CT molecular complexity index is 439. The number of phenolic OH excluding ortho intramolecular Hbond substituents is 2. The van der Waals surface area contributed by atoms with Crippen molar-refractivity contribution in [3.8, 4) is 11.5 Å². The minimum Gasteiger partial charge on any atom is -0.508 e. The summed E-state index contributed by atoms with van der Waals surface area (Å²) in [5.41, 5.74) is 6.70. The van der Waals surface area contributed by atoms with Crippen molar-refractivity contribution in [1.82, 2.24) is 9.80 Å². The highest BCUT2D eigenvalue weighted by Crippen LogP contribution is 2.32. The van der Waals surface area contributed by atoms with Crippen molar-refractivity contribution in [3.05, 3.63) is 23.8 Å². The number of phenols is 2. The van der Waals surface area contributed by atoms with E-state index in [0.717, 1.165) is 25.2 Å². The summed E-state index contributed by atoms with van der Waals surface area (Å²) in [6.07, 6.45) is 0. The molecule has 4 N–H and O–H groups in total. The summed E-state index contributed by atoms with van der Waals surface area (Å²) in [5.74, 6) is 0.226. The molecule has 1 aliphatic heterocycles. The largest absolute Gasteiger partial charge is 0.508 e. The minimum absolute atomic E-state index is 0.0854. The summed E-state index contributed by atoms with van der Waals surface area (Å²) >= 11 is 0. The van der Waals surface area contributed by atoms with E-state index in [0.29, 0.717) is 12.6 Å². The minimum atomic E-state index is 0.0854. The van der Waals surface area contributed by atoms with Crippen LogP contribution in [0.2, 0.25) is 0 Å². The first-order chi connectivity index (χ1) is 9.02. The number of rotatable bonds is 3. The van der Waals surface area contributed by atoms with E-state index in [2.05, 4.69) is 23.8 Å². The van der Waals surface area contributed by atoms with Crippen LogP contribution in [0.4, 0.5) is 0 Å². The number of hydrogen-bond donors (Lipinski definition) is 3. The topological polar surface area (TPSA) is 73.0 Å². The van der Waals surface area contributed by atoms with Gasteiger partial charge in [0.15, 0.2) is 0 Å². The highest BCUT2D eigenvalue weighted by Gasteiger charge is 2.29. The molecule has 0 radical (unpaired) electrons. The van der Waals surface area contributed by atoms with Crippen molar-refractivity contribution >= 4 is 0 Å². The van der Waals surface area contributed by atoms with Crippen molar-refractivity contribution in [1.29, 1.82) is 0 Å². The molecule has 5 nitrogen and oxygen atoms in total. The summed E-state index contributed by atoms with van der Waals surface area (Å²) in [7, 11) is 2.10. The number of likely N-dealkylation sites (N-methyl/N-ethyl adjacent to an activating group) is 1. The van der Waals surface area contributed by atoms with Gasteiger partial charge in [-0.3, -0.25) is 4.90 Å². The molecular weight excluding hydrogens is 242 g/mol. The van der Waals surface area contributed by atoms with E-state index in [1.807, 2.05) is 0 Å². The highest BCUT2D eigenvalue weighted by molar-refractivity contribution is 5.40. The third-order valence-corrected chi connectivity index (χ3v) is 3.97. The summed E-state index contributed by atoms with van der Waals surface area (Å²) < 4.78 is 0. The van der Waals surface area contributed by atoms with Gasteiger partial charge < -0.3 is 20.8 Å². The highest BCUT2D eigenvalue weighted by atomic mass is 16.3. The second-order valence-corrected chi connectivity index (χ2v) is 5.31. The number of aromatic hydroxyl groups is 2. The van der Waals surface area contributed by atoms with Gasteiger partial charge in [0.1, 0.15) is 11.5 Å². The fraction of sp³-hybridized carbons (Fsp3) is 0.571. The Hall–Kier alpha value is -1.30. The monoisotopic (exact) mass is 265 g/mol. The molecule has 1 aromatic carbocycles. The molecule has 0 spiro atoms. The van der Waals surface area contributed by atoms with Crippen LogP contribution < -0.4 is 5.73 Å². The third-order valence-electron chi connectivity index (χ3n) is 3.97. The third kappa shape index (κ3) is 3.00. The maximum absolute atomic E-state index is 9.98. The molecule has 1 aromatic rings. The van der Waals surface area contributed by atoms with Crippen LogP contribution in [0.5, 0.6) is 11.5 Å². The number of hydrogen-bond acceptors (Lipinski definition) is 5. The van der Waals surface area contributed by atoms with Gasteiger partial charge in [0.2, 0.25) is 0 Å².